The second-order valence-electron chi connectivity index (χ2n) is 6.58. The molecule has 0 unspecified atom stereocenters. The highest BCUT2D eigenvalue weighted by Gasteiger charge is 2.19. The highest BCUT2D eigenvalue weighted by Crippen LogP contribution is 2.25. The molecule has 1 heterocycles. The van der Waals surface area contributed by atoms with E-state index < -0.39 is 5.91 Å². The first-order valence-corrected chi connectivity index (χ1v) is 10.5. The molecule has 3 aromatic carbocycles. The highest BCUT2D eigenvalue weighted by atomic mass is 79.9. The van der Waals surface area contributed by atoms with Gasteiger partial charge in [0.15, 0.2) is 5.82 Å². The van der Waals surface area contributed by atoms with Crippen LogP contribution in [0.15, 0.2) is 71.2 Å². The van der Waals surface area contributed by atoms with Gasteiger partial charge in [0.2, 0.25) is 5.82 Å². The summed E-state index contributed by atoms with van der Waals surface area (Å²) in [5.74, 6) is 0.102. The molecule has 0 spiro atoms. The Morgan fingerprint density at radius 3 is 2.50 bits per heavy atom. The van der Waals surface area contributed by atoms with Gasteiger partial charge in [-0.3, -0.25) is 4.79 Å². The fraction of sp³-hybridized carbons (Fsp3) is 0.0455. The molecule has 150 valence electrons. The minimum absolute atomic E-state index is 0.0320. The largest absolute Gasteiger partial charge is 0.319 e. The van der Waals surface area contributed by atoms with Crippen LogP contribution in [0.1, 0.15) is 16.2 Å². The van der Waals surface area contributed by atoms with Gasteiger partial charge in [-0.1, -0.05) is 57.3 Å². The van der Waals surface area contributed by atoms with E-state index in [1.54, 1.807) is 28.9 Å². The average Bonchev–Trinajstić information content (AvgIpc) is 3.17. The smallest absolute Gasteiger partial charge is 0.295 e. The Labute approximate surface area is 191 Å². The molecule has 30 heavy (non-hydrogen) atoms. The molecule has 5 nitrogen and oxygen atoms in total. The van der Waals surface area contributed by atoms with Gasteiger partial charge in [-0.05, 0) is 61.0 Å². The minimum atomic E-state index is -0.436. The topological polar surface area (TPSA) is 59.8 Å². The van der Waals surface area contributed by atoms with Crippen LogP contribution in [-0.4, -0.2) is 20.7 Å². The van der Waals surface area contributed by atoms with E-state index in [9.17, 15) is 4.79 Å². The molecule has 0 atom stereocenters. The number of halogens is 3. The first-order chi connectivity index (χ1) is 14.4. The van der Waals surface area contributed by atoms with Crippen LogP contribution in [0.5, 0.6) is 0 Å². The SMILES string of the molecule is Cc1ccc(NC(=O)c2nc(-c3cccc(Cl)c3)n(-c3ccc(Br)cc3)n2)cc1Cl. The molecular formula is C22H15BrCl2N4O. The maximum Gasteiger partial charge on any atom is 0.295 e. The molecule has 4 aromatic rings. The Hall–Kier alpha value is -2.67. The maximum atomic E-state index is 12.8. The number of nitrogens with one attached hydrogen (secondary N) is 1. The Morgan fingerprint density at radius 1 is 1.03 bits per heavy atom. The van der Waals surface area contributed by atoms with E-state index >= 15 is 0 Å². The van der Waals surface area contributed by atoms with Crippen LogP contribution in [0.4, 0.5) is 5.69 Å². The monoisotopic (exact) mass is 500 g/mol. The molecule has 4 rings (SSSR count). The third-order valence-corrected chi connectivity index (χ3v) is 5.56. The summed E-state index contributed by atoms with van der Waals surface area (Å²) in [5, 5.41) is 8.39. The van der Waals surface area contributed by atoms with E-state index in [-0.39, 0.29) is 5.82 Å². The number of hydrogen-bond acceptors (Lipinski definition) is 3. The lowest BCUT2D eigenvalue weighted by molar-refractivity contribution is 0.101. The zero-order chi connectivity index (χ0) is 21.3. The number of carbonyl (C=O) groups is 1. The fourth-order valence-electron chi connectivity index (χ4n) is 2.84. The van der Waals surface area contributed by atoms with Gasteiger partial charge < -0.3 is 5.32 Å². The normalized spacial score (nSPS) is 10.8. The number of nitrogens with zero attached hydrogens (tertiary/aromatic N) is 3. The predicted octanol–water partition coefficient (Wildman–Crippen LogP) is 6.56. The maximum absolute atomic E-state index is 12.8. The Balaban J connectivity index is 1.75. The lowest BCUT2D eigenvalue weighted by atomic mass is 10.2. The first-order valence-electron chi connectivity index (χ1n) is 8.97. The fourth-order valence-corrected chi connectivity index (χ4v) is 3.48. The number of aryl methyl sites for hydroxylation is 1. The summed E-state index contributed by atoms with van der Waals surface area (Å²) in [7, 11) is 0. The highest BCUT2D eigenvalue weighted by molar-refractivity contribution is 9.10. The second-order valence-corrected chi connectivity index (χ2v) is 8.33. The minimum Gasteiger partial charge on any atom is -0.319 e. The van der Waals surface area contributed by atoms with E-state index in [1.165, 1.54) is 0 Å². The Morgan fingerprint density at radius 2 is 1.80 bits per heavy atom. The summed E-state index contributed by atoms with van der Waals surface area (Å²) in [4.78, 5) is 17.3. The molecule has 0 saturated carbocycles. The van der Waals surface area contributed by atoms with Crippen molar-refractivity contribution in [3.63, 3.8) is 0 Å². The van der Waals surface area contributed by atoms with Gasteiger partial charge in [0, 0.05) is 25.8 Å². The summed E-state index contributed by atoms with van der Waals surface area (Å²) >= 11 is 15.7. The molecule has 0 radical (unpaired) electrons. The summed E-state index contributed by atoms with van der Waals surface area (Å²) in [6.07, 6.45) is 0. The molecule has 1 amide bonds. The molecule has 8 heteroatoms. The first kappa shape index (κ1) is 20.6. The quantitative estimate of drug-likeness (QED) is 0.344. The van der Waals surface area contributed by atoms with Crippen LogP contribution in [-0.2, 0) is 0 Å². The standard InChI is InChI=1S/C22H15BrCl2N4O/c1-13-5-8-17(12-19(13)25)26-22(30)20-27-21(14-3-2-4-16(24)11-14)29(28-20)18-9-6-15(23)7-10-18/h2-12H,1H3,(H,26,30). The second kappa shape index (κ2) is 8.60. The Kier molecular flexibility index (Phi) is 5.90. The van der Waals surface area contributed by atoms with Gasteiger partial charge in [-0.15, -0.1) is 5.10 Å². The van der Waals surface area contributed by atoms with Gasteiger partial charge in [0.25, 0.3) is 5.91 Å². The van der Waals surface area contributed by atoms with E-state index in [1.807, 2.05) is 49.4 Å². The zero-order valence-electron chi connectivity index (χ0n) is 15.7. The molecular weight excluding hydrogens is 487 g/mol. The van der Waals surface area contributed by atoms with Crippen molar-refractivity contribution in [3.05, 3.63) is 92.6 Å². The molecule has 0 bridgehead atoms. The number of amides is 1. The van der Waals surface area contributed by atoms with Crippen LogP contribution in [0.25, 0.3) is 17.1 Å². The number of carbonyl (C=O) groups excluding carboxylic acids is 1. The number of benzene rings is 3. The van der Waals surface area contributed by atoms with Crippen molar-refractivity contribution in [3.8, 4) is 17.1 Å². The molecule has 0 aliphatic rings. The average molecular weight is 502 g/mol. The van der Waals surface area contributed by atoms with Crippen molar-refractivity contribution >= 4 is 50.7 Å². The van der Waals surface area contributed by atoms with Crippen molar-refractivity contribution < 1.29 is 4.79 Å². The van der Waals surface area contributed by atoms with Crippen LogP contribution in [0, 0.1) is 6.92 Å². The number of anilines is 1. The van der Waals surface area contributed by atoms with Crippen molar-refractivity contribution in [2.45, 2.75) is 6.92 Å². The molecule has 0 fully saturated rings. The molecule has 0 saturated heterocycles. The lowest BCUT2D eigenvalue weighted by Gasteiger charge is -2.06. The van der Waals surface area contributed by atoms with E-state index in [2.05, 4.69) is 31.3 Å². The molecule has 1 aromatic heterocycles. The molecule has 1 N–H and O–H groups in total. The van der Waals surface area contributed by atoms with Gasteiger partial charge >= 0.3 is 0 Å². The summed E-state index contributed by atoms with van der Waals surface area (Å²) in [6.45, 7) is 1.90. The number of hydrogen-bond donors (Lipinski definition) is 1. The number of aromatic nitrogens is 3. The van der Waals surface area contributed by atoms with Gasteiger partial charge in [0.1, 0.15) is 0 Å². The Bertz CT molecular complexity index is 1240. The predicted molar refractivity (Wildman–Crippen MR) is 124 cm³/mol. The summed E-state index contributed by atoms with van der Waals surface area (Å²) < 4.78 is 2.56. The summed E-state index contributed by atoms with van der Waals surface area (Å²) in [6, 6.07) is 20.1. The van der Waals surface area contributed by atoms with Crippen molar-refractivity contribution in [1.82, 2.24) is 14.8 Å². The van der Waals surface area contributed by atoms with E-state index in [4.69, 9.17) is 23.2 Å². The van der Waals surface area contributed by atoms with Gasteiger partial charge in [-0.25, -0.2) is 9.67 Å². The number of rotatable bonds is 4. The van der Waals surface area contributed by atoms with Gasteiger partial charge in [-0.2, -0.15) is 0 Å². The summed E-state index contributed by atoms with van der Waals surface area (Å²) in [5.41, 5.74) is 3.00. The van der Waals surface area contributed by atoms with Crippen molar-refractivity contribution in [2.24, 2.45) is 0 Å². The van der Waals surface area contributed by atoms with Crippen molar-refractivity contribution in [1.29, 1.82) is 0 Å². The van der Waals surface area contributed by atoms with Crippen LogP contribution >= 0.6 is 39.1 Å². The van der Waals surface area contributed by atoms with E-state index in [0.29, 0.717) is 21.6 Å². The third kappa shape index (κ3) is 4.41. The van der Waals surface area contributed by atoms with Crippen LogP contribution in [0.2, 0.25) is 10.0 Å². The molecule has 0 aliphatic carbocycles. The lowest BCUT2D eigenvalue weighted by Crippen LogP contribution is -2.14. The van der Waals surface area contributed by atoms with E-state index in [0.717, 1.165) is 21.3 Å². The third-order valence-electron chi connectivity index (χ3n) is 4.39. The van der Waals surface area contributed by atoms with Crippen LogP contribution < -0.4 is 5.32 Å². The van der Waals surface area contributed by atoms with Crippen LogP contribution in [0.3, 0.4) is 0 Å². The van der Waals surface area contributed by atoms with Crippen molar-refractivity contribution in [2.75, 3.05) is 5.32 Å². The molecule has 0 aliphatic heterocycles. The zero-order valence-corrected chi connectivity index (χ0v) is 18.8. The van der Waals surface area contributed by atoms with Gasteiger partial charge in [0.05, 0.1) is 5.69 Å².